The van der Waals surface area contributed by atoms with E-state index < -0.39 is 23.7 Å². The SMILES string of the molecule is Cc1nn(C)c(C)c1-c1cccc(O[C@H]2SC[C@@H](O)[C@H](O)[C@H]2O)c1. The molecule has 0 aliphatic carbocycles. The van der Waals surface area contributed by atoms with Crippen molar-refractivity contribution in [3.05, 3.63) is 35.7 Å². The summed E-state index contributed by atoms with van der Waals surface area (Å²) in [5, 5.41) is 33.9. The highest BCUT2D eigenvalue weighted by molar-refractivity contribution is 7.99. The second-order valence-corrected chi connectivity index (χ2v) is 7.20. The van der Waals surface area contributed by atoms with Crippen LogP contribution in [-0.2, 0) is 7.05 Å². The zero-order chi connectivity index (χ0) is 17.4. The number of aliphatic hydroxyl groups is 3. The van der Waals surface area contributed by atoms with Gasteiger partial charge in [0.1, 0.15) is 18.0 Å². The van der Waals surface area contributed by atoms with Crippen molar-refractivity contribution in [3.8, 4) is 16.9 Å². The maximum Gasteiger partial charge on any atom is 0.173 e. The maximum atomic E-state index is 10.1. The van der Waals surface area contributed by atoms with Crippen LogP contribution in [0.25, 0.3) is 11.1 Å². The summed E-state index contributed by atoms with van der Waals surface area (Å²) in [5.41, 5.74) is 3.45. The van der Waals surface area contributed by atoms with Gasteiger partial charge >= 0.3 is 0 Å². The highest BCUT2D eigenvalue weighted by Gasteiger charge is 2.38. The Morgan fingerprint density at radius 3 is 2.62 bits per heavy atom. The van der Waals surface area contributed by atoms with E-state index >= 15 is 0 Å². The zero-order valence-electron chi connectivity index (χ0n) is 13.9. The van der Waals surface area contributed by atoms with Crippen LogP contribution in [0.1, 0.15) is 11.4 Å². The number of aryl methyl sites for hydroxylation is 2. The van der Waals surface area contributed by atoms with E-state index in [1.807, 2.05) is 49.8 Å². The molecule has 0 unspecified atom stereocenters. The molecule has 0 saturated carbocycles. The highest BCUT2D eigenvalue weighted by atomic mass is 32.2. The van der Waals surface area contributed by atoms with E-state index in [1.54, 1.807) is 0 Å². The van der Waals surface area contributed by atoms with Crippen LogP contribution in [0.3, 0.4) is 0 Å². The molecule has 7 heteroatoms. The van der Waals surface area contributed by atoms with Crippen molar-refractivity contribution in [2.45, 2.75) is 37.6 Å². The summed E-state index contributed by atoms with van der Waals surface area (Å²) in [6, 6.07) is 7.60. The molecule has 1 aromatic heterocycles. The molecule has 4 atom stereocenters. The molecule has 2 heterocycles. The summed E-state index contributed by atoms with van der Waals surface area (Å²) >= 11 is 1.29. The van der Waals surface area contributed by atoms with Crippen molar-refractivity contribution in [1.82, 2.24) is 9.78 Å². The molecular weight excluding hydrogens is 328 g/mol. The van der Waals surface area contributed by atoms with E-state index in [2.05, 4.69) is 5.10 Å². The Hall–Kier alpha value is -1.54. The van der Waals surface area contributed by atoms with Gasteiger partial charge in [-0.05, 0) is 31.5 Å². The third-order valence-electron chi connectivity index (χ3n) is 4.34. The molecule has 0 radical (unpaired) electrons. The molecule has 1 aliphatic rings. The number of aliphatic hydroxyl groups excluding tert-OH is 3. The second-order valence-electron chi connectivity index (χ2n) is 6.07. The van der Waals surface area contributed by atoms with Gasteiger partial charge in [-0.25, -0.2) is 0 Å². The van der Waals surface area contributed by atoms with Crippen molar-refractivity contribution in [2.75, 3.05) is 5.75 Å². The quantitative estimate of drug-likeness (QED) is 0.772. The summed E-state index contributed by atoms with van der Waals surface area (Å²) in [6.45, 7) is 3.98. The zero-order valence-corrected chi connectivity index (χ0v) is 14.7. The Morgan fingerprint density at radius 2 is 1.96 bits per heavy atom. The van der Waals surface area contributed by atoms with Gasteiger partial charge in [-0.1, -0.05) is 12.1 Å². The molecule has 0 spiro atoms. The minimum Gasteiger partial charge on any atom is -0.477 e. The fourth-order valence-electron chi connectivity index (χ4n) is 2.93. The molecule has 6 nitrogen and oxygen atoms in total. The van der Waals surface area contributed by atoms with Crippen molar-refractivity contribution in [2.24, 2.45) is 7.05 Å². The predicted molar refractivity (Wildman–Crippen MR) is 93.0 cm³/mol. The summed E-state index contributed by atoms with van der Waals surface area (Å²) in [6.07, 6.45) is -3.26. The Labute approximate surface area is 145 Å². The molecule has 2 aromatic rings. The monoisotopic (exact) mass is 350 g/mol. The average Bonchev–Trinajstić information content (AvgIpc) is 2.81. The highest BCUT2D eigenvalue weighted by Crippen LogP contribution is 2.32. The molecule has 24 heavy (non-hydrogen) atoms. The third-order valence-corrected chi connectivity index (χ3v) is 5.58. The smallest absolute Gasteiger partial charge is 0.173 e. The van der Waals surface area contributed by atoms with E-state index in [0.717, 1.165) is 22.5 Å². The molecule has 0 amide bonds. The van der Waals surface area contributed by atoms with Gasteiger partial charge in [0.25, 0.3) is 0 Å². The van der Waals surface area contributed by atoms with Crippen LogP contribution in [0.5, 0.6) is 5.75 Å². The molecule has 1 aliphatic heterocycles. The molecule has 3 rings (SSSR count). The minimum absolute atomic E-state index is 0.323. The lowest BCUT2D eigenvalue weighted by Gasteiger charge is -2.34. The first kappa shape index (κ1) is 17.3. The Morgan fingerprint density at radius 1 is 1.21 bits per heavy atom. The molecule has 130 valence electrons. The number of hydrogen-bond donors (Lipinski definition) is 3. The van der Waals surface area contributed by atoms with Gasteiger partial charge in [0, 0.05) is 24.1 Å². The van der Waals surface area contributed by atoms with E-state index in [0.29, 0.717) is 11.5 Å². The van der Waals surface area contributed by atoms with Crippen molar-refractivity contribution in [3.63, 3.8) is 0 Å². The van der Waals surface area contributed by atoms with Crippen LogP contribution in [0.2, 0.25) is 0 Å². The maximum absolute atomic E-state index is 10.1. The third kappa shape index (κ3) is 3.17. The number of nitrogens with zero attached hydrogens (tertiary/aromatic N) is 2. The fraction of sp³-hybridized carbons (Fsp3) is 0.471. The van der Waals surface area contributed by atoms with Gasteiger partial charge in [0.05, 0.1) is 11.8 Å². The summed E-state index contributed by atoms with van der Waals surface area (Å²) in [5.74, 6) is 0.930. The summed E-state index contributed by atoms with van der Waals surface area (Å²) in [4.78, 5) is 0. The molecule has 3 N–H and O–H groups in total. The number of aromatic nitrogens is 2. The Bertz CT molecular complexity index is 733. The van der Waals surface area contributed by atoms with Crippen molar-refractivity contribution < 1.29 is 20.1 Å². The largest absolute Gasteiger partial charge is 0.477 e. The van der Waals surface area contributed by atoms with Crippen molar-refractivity contribution >= 4 is 11.8 Å². The van der Waals surface area contributed by atoms with Crippen LogP contribution >= 0.6 is 11.8 Å². The van der Waals surface area contributed by atoms with Crippen LogP contribution in [-0.4, -0.2) is 54.6 Å². The lowest BCUT2D eigenvalue weighted by atomic mass is 10.0. The minimum atomic E-state index is -1.19. The number of rotatable bonds is 3. The standard InChI is InChI=1S/C17H22N2O4S/c1-9-14(10(2)19(3)18-9)11-5-4-6-12(7-11)23-17-16(22)15(21)13(20)8-24-17/h4-7,13,15-17,20-22H,8H2,1-3H3/t13-,15+,16-,17+/m1/s1. The topological polar surface area (TPSA) is 87.7 Å². The van der Waals surface area contributed by atoms with Crippen LogP contribution in [0.15, 0.2) is 24.3 Å². The van der Waals surface area contributed by atoms with Crippen LogP contribution in [0, 0.1) is 13.8 Å². The lowest BCUT2D eigenvalue weighted by Crippen LogP contribution is -2.50. The van der Waals surface area contributed by atoms with Crippen molar-refractivity contribution in [1.29, 1.82) is 0 Å². The fourth-order valence-corrected chi connectivity index (χ4v) is 4.05. The first-order chi connectivity index (χ1) is 11.4. The first-order valence-corrected chi connectivity index (χ1v) is 8.86. The Balaban J connectivity index is 1.84. The average molecular weight is 350 g/mol. The summed E-state index contributed by atoms with van der Waals surface area (Å²) < 4.78 is 7.69. The summed E-state index contributed by atoms with van der Waals surface area (Å²) in [7, 11) is 1.91. The second kappa shape index (κ2) is 6.76. The predicted octanol–water partition coefficient (Wildman–Crippen LogP) is 1.24. The van der Waals surface area contributed by atoms with E-state index in [-0.39, 0.29) is 0 Å². The van der Waals surface area contributed by atoms with Gasteiger partial charge in [0.2, 0.25) is 0 Å². The first-order valence-electron chi connectivity index (χ1n) is 7.81. The van der Waals surface area contributed by atoms with Gasteiger partial charge in [-0.2, -0.15) is 5.10 Å². The van der Waals surface area contributed by atoms with E-state index in [1.165, 1.54) is 11.8 Å². The van der Waals surface area contributed by atoms with E-state index in [4.69, 9.17) is 4.74 Å². The number of ether oxygens (including phenoxy) is 1. The number of thioether (sulfide) groups is 1. The lowest BCUT2D eigenvalue weighted by molar-refractivity contribution is -0.0786. The molecule has 0 bridgehead atoms. The van der Waals surface area contributed by atoms with Gasteiger partial charge < -0.3 is 20.1 Å². The van der Waals surface area contributed by atoms with E-state index in [9.17, 15) is 15.3 Å². The molecular formula is C17H22N2O4S. The normalized spacial score (nSPS) is 27.2. The van der Waals surface area contributed by atoms with Gasteiger partial charge in [-0.3, -0.25) is 4.68 Å². The van der Waals surface area contributed by atoms with Crippen LogP contribution in [0.4, 0.5) is 0 Å². The van der Waals surface area contributed by atoms with Gasteiger partial charge in [-0.15, -0.1) is 11.8 Å². The van der Waals surface area contributed by atoms with Crippen LogP contribution < -0.4 is 4.74 Å². The molecule has 1 saturated heterocycles. The number of hydrogen-bond acceptors (Lipinski definition) is 6. The number of benzene rings is 1. The molecule has 1 fully saturated rings. The Kier molecular flexibility index (Phi) is 4.87. The van der Waals surface area contributed by atoms with Gasteiger partial charge in [0.15, 0.2) is 5.44 Å². The molecule has 1 aromatic carbocycles.